The van der Waals surface area contributed by atoms with E-state index in [4.69, 9.17) is 21.1 Å². The molecule has 2 fully saturated rings. The van der Waals surface area contributed by atoms with E-state index in [9.17, 15) is 14.7 Å². The molecule has 2 aliphatic rings. The van der Waals surface area contributed by atoms with Gasteiger partial charge in [0.05, 0.1) is 24.8 Å². The van der Waals surface area contributed by atoms with Crippen molar-refractivity contribution in [3.63, 3.8) is 0 Å². The third kappa shape index (κ3) is 3.80. The average Bonchev–Trinajstić information content (AvgIpc) is 3.36. The van der Waals surface area contributed by atoms with Gasteiger partial charge in [-0.05, 0) is 54.8 Å². The minimum atomic E-state index is -0.712. The smallest absolute Gasteiger partial charge is 0.295 e. The van der Waals surface area contributed by atoms with Crippen molar-refractivity contribution in [3.05, 3.63) is 70.3 Å². The van der Waals surface area contributed by atoms with Crippen LogP contribution in [-0.2, 0) is 14.3 Å². The SMILES string of the molecule is COc1ccc(C2/C(=C(\O)c3ccc(Cl)cc3)C(=O)C(=O)N2CC2CCCO2)cc1. The fourth-order valence-electron chi connectivity index (χ4n) is 3.97. The van der Waals surface area contributed by atoms with Crippen molar-refractivity contribution in [1.82, 2.24) is 4.90 Å². The van der Waals surface area contributed by atoms with Crippen LogP contribution in [0.3, 0.4) is 0 Å². The first-order chi connectivity index (χ1) is 14.5. The van der Waals surface area contributed by atoms with Crippen LogP contribution in [0, 0.1) is 0 Å². The first kappa shape index (κ1) is 20.4. The molecule has 0 radical (unpaired) electrons. The number of aliphatic hydroxyl groups is 1. The average molecular weight is 428 g/mol. The van der Waals surface area contributed by atoms with Crippen LogP contribution in [0.4, 0.5) is 0 Å². The highest BCUT2D eigenvalue weighted by molar-refractivity contribution is 6.46. The number of Topliss-reactive ketones (excluding diaryl/α,β-unsaturated/α-hetero) is 1. The first-order valence-corrected chi connectivity index (χ1v) is 10.2. The minimum Gasteiger partial charge on any atom is -0.507 e. The second kappa shape index (κ2) is 8.50. The van der Waals surface area contributed by atoms with Gasteiger partial charge in [0.15, 0.2) is 0 Å². The van der Waals surface area contributed by atoms with Gasteiger partial charge in [-0.1, -0.05) is 23.7 Å². The van der Waals surface area contributed by atoms with Crippen molar-refractivity contribution >= 4 is 29.1 Å². The van der Waals surface area contributed by atoms with Crippen molar-refractivity contribution in [3.8, 4) is 5.75 Å². The molecule has 1 N–H and O–H groups in total. The molecule has 0 aromatic heterocycles. The number of rotatable bonds is 5. The Hall–Kier alpha value is -2.83. The predicted molar refractivity (Wildman–Crippen MR) is 112 cm³/mol. The van der Waals surface area contributed by atoms with Crippen LogP contribution in [-0.4, -0.2) is 48.1 Å². The molecule has 1 amide bonds. The van der Waals surface area contributed by atoms with E-state index < -0.39 is 17.7 Å². The van der Waals surface area contributed by atoms with Gasteiger partial charge in [-0.3, -0.25) is 9.59 Å². The molecule has 156 valence electrons. The number of hydrogen-bond acceptors (Lipinski definition) is 5. The van der Waals surface area contributed by atoms with Crippen LogP contribution < -0.4 is 4.74 Å². The summed E-state index contributed by atoms with van der Waals surface area (Å²) in [5, 5.41) is 11.5. The molecule has 2 aliphatic heterocycles. The lowest BCUT2D eigenvalue weighted by Gasteiger charge is -2.27. The second-order valence-electron chi connectivity index (χ2n) is 7.37. The standard InChI is InChI=1S/C23H22ClNO5/c1-29-17-10-6-14(7-11-17)20-19(21(26)15-4-8-16(24)9-5-15)22(27)23(28)25(20)13-18-3-2-12-30-18/h4-11,18,20,26H,2-3,12-13H2,1H3/b21-19+. The highest BCUT2D eigenvalue weighted by atomic mass is 35.5. The monoisotopic (exact) mass is 427 g/mol. The van der Waals surface area contributed by atoms with Crippen molar-refractivity contribution < 1.29 is 24.2 Å². The highest BCUT2D eigenvalue weighted by Gasteiger charge is 2.47. The summed E-state index contributed by atoms with van der Waals surface area (Å²) in [5.74, 6) is -0.906. The number of nitrogens with zero attached hydrogens (tertiary/aromatic N) is 1. The third-order valence-corrected chi connectivity index (χ3v) is 5.77. The number of carbonyl (C=O) groups is 2. The number of hydrogen-bond donors (Lipinski definition) is 1. The van der Waals surface area contributed by atoms with E-state index in [0.29, 0.717) is 35.1 Å². The number of methoxy groups -OCH3 is 1. The molecule has 2 atom stereocenters. The lowest BCUT2D eigenvalue weighted by Crippen LogP contribution is -2.36. The molecular weight excluding hydrogens is 406 g/mol. The van der Waals surface area contributed by atoms with E-state index in [1.807, 2.05) is 0 Å². The van der Waals surface area contributed by atoms with Crippen LogP contribution in [0.25, 0.3) is 5.76 Å². The van der Waals surface area contributed by atoms with Gasteiger partial charge < -0.3 is 19.5 Å². The lowest BCUT2D eigenvalue weighted by atomic mass is 9.95. The molecular formula is C23H22ClNO5. The molecule has 30 heavy (non-hydrogen) atoms. The van der Waals surface area contributed by atoms with Crippen LogP contribution >= 0.6 is 11.6 Å². The Bertz CT molecular complexity index is 978. The zero-order valence-electron chi connectivity index (χ0n) is 16.5. The quantitative estimate of drug-likeness (QED) is 0.444. The molecule has 7 heteroatoms. The van der Waals surface area contributed by atoms with Gasteiger partial charge in [0.1, 0.15) is 11.5 Å². The summed E-state index contributed by atoms with van der Waals surface area (Å²) in [4.78, 5) is 27.4. The predicted octanol–water partition coefficient (Wildman–Crippen LogP) is 3.95. The molecule has 4 rings (SSSR count). The minimum absolute atomic E-state index is 0.0606. The number of benzene rings is 2. The van der Waals surface area contributed by atoms with E-state index >= 15 is 0 Å². The fourth-order valence-corrected chi connectivity index (χ4v) is 4.10. The molecule has 2 aromatic rings. The van der Waals surface area contributed by atoms with Crippen LogP contribution in [0.2, 0.25) is 5.02 Å². The molecule has 2 heterocycles. The maximum Gasteiger partial charge on any atom is 0.295 e. The van der Waals surface area contributed by atoms with Gasteiger partial charge in [0.25, 0.3) is 11.7 Å². The van der Waals surface area contributed by atoms with E-state index in [-0.39, 0.29) is 17.4 Å². The number of carbonyl (C=O) groups excluding carboxylic acids is 2. The van der Waals surface area contributed by atoms with Gasteiger partial charge in [0.2, 0.25) is 0 Å². The third-order valence-electron chi connectivity index (χ3n) is 5.51. The molecule has 2 unspecified atom stereocenters. The van der Waals surface area contributed by atoms with Crippen LogP contribution in [0.5, 0.6) is 5.75 Å². The van der Waals surface area contributed by atoms with E-state index in [2.05, 4.69) is 0 Å². The van der Waals surface area contributed by atoms with Crippen molar-refractivity contribution in [2.24, 2.45) is 0 Å². The second-order valence-corrected chi connectivity index (χ2v) is 7.80. The summed E-state index contributed by atoms with van der Waals surface area (Å²) in [6.07, 6.45) is 1.63. The molecule has 0 aliphatic carbocycles. The summed E-state index contributed by atoms with van der Waals surface area (Å²) in [6.45, 7) is 0.936. The Morgan fingerprint density at radius 2 is 1.87 bits per heavy atom. The zero-order chi connectivity index (χ0) is 21.3. The number of ether oxygens (including phenoxy) is 2. The Morgan fingerprint density at radius 1 is 1.17 bits per heavy atom. The van der Waals surface area contributed by atoms with Gasteiger partial charge in [-0.2, -0.15) is 0 Å². The van der Waals surface area contributed by atoms with Crippen LogP contribution in [0.15, 0.2) is 54.1 Å². The number of halogens is 1. The van der Waals surface area contributed by atoms with E-state index in [0.717, 1.165) is 12.8 Å². The summed E-state index contributed by atoms with van der Waals surface area (Å²) >= 11 is 5.95. The van der Waals surface area contributed by atoms with Gasteiger partial charge >= 0.3 is 0 Å². The van der Waals surface area contributed by atoms with Gasteiger partial charge in [0, 0.05) is 23.7 Å². The molecule has 0 saturated carbocycles. The lowest BCUT2D eigenvalue weighted by molar-refractivity contribution is -0.140. The molecule has 6 nitrogen and oxygen atoms in total. The normalized spacial score (nSPS) is 23.2. The fraction of sp³-hybridized carbons (Fsp3) is 0.304. The summed E-state index contributed by atoms with van der Waals surface area (Å²) in [6, 6.07) is 12.9. The van der Waals surface area contributed by atoms with Gasteiger partial charge in [-0.15, -0.1) is 0 Å². The van der Waals surface area contributed by atoms with E-state index in [1.54, 1.807) is 55.6 Å². The molecule has 0 spiro atoms. The van der Waals surface area contributed by atoms with E-state index in [1.165, 1.54) is 4.90 Å². The highest BCUT2D eigenvalue weighted by Crippen LogP contribution is 2.40. The number of likely N-dealkylation sites (tertiary alicyclic amines) is 1. The summed E-state index contributed by atoms with van der Waals surface area (Å²) in [5.41, 5.74) is 1.20. The topological polar surface area (TPSA) is 76.1 Å². The Labute approximate surface area is 179 Å². The number of amides is 1. The first-order valence-electron chi connectivity index (χ1n) is 9.79. The Kier molecular flexibility index (Phi) is 5.79. The molecule has 2 aromatic carbocycles. The summed E-state index contributed by atoms with van der Waals surface area (Å²) in [7, 11) is 1.57. The summed E-state index contributed by atoms with van der Waals surface area (Å²) < 4.78 is 10.9. The maximum absolute atomic E-state index is 13.0. The van der Waals surface area contributed by atoms with Crippen molar-refractivity contribution in [2.75, 3.05) is 20.3 Å². The molecule has 2 saturated heterocycles. The van der Waals surface area contributed by atoms with Gasteiger partial charge in [-0.25, -0.2) is 0 Å². The molecule has 0 bridgehead atoms. The maximum atomic E-state index is 13.0. The van der Waals surface area contributed by atoms with Crippen molar-refractivity contribution in [2.45, 2.75) is 25.0 Å². The number of aliphatic hydroxyl groups excluding tert-OH is 1. The van der Waals surface area contributed by atoms with Crippen LogP contribution in [0.1, 0.15) is 30.0 Å². The number of ketones is 1. The zero-order valence-corrected chi connectivity index (χ0v) is 17.3. The Morgan fingerprint density at radius 3 is 2.47 bits per heavy atom. The Balaban J connectivity index is 1.80. The largest absolute Gasteiger partial charge is 0.507 e. The van der Waals surface area contributed by atoms with Crippen molar-refractivity contribution in [1.29, 1.82) is 0 Å².